The maximum Gasteiger partial charge on any atom is 0.460 e. The minimum absolute atomic E-state index is 0.223. The molecule has 8 heteroatoms. The fourth-order valence-corrected chi connectivity index (χ4v) is 7.22. The molecule has 0 unspecified atom stereocenters. The minimum atomic E-state index is -1.93. The van der Waals surface area contributed by atoms with E-state index in [0.29, 0.717) is 16.9 Å². The lowest BCUT2D eigenvalue weighted by Gasteiger charge is -2.47. The lowest BCUT2D eigenvalue weighted by atomic mass is 9.60. The van der Waals surface area contributed by atoms with Crippen molar-refractivity contribution < 1.29 is 27.9 Å². The van der Waals surface area contributed by atoms with Crippen molar-refractivity contribution in [3.63, 3.8) is 0 Å². The zero-order chi connectivity index (χ0) is 24.7. The summed E-state index contributed by atoms with van der Waals surface area (Å²) in [6.07, 6.45) is 9.82. The Morgan fingerprint density at radius 2 is 1.09 bits per heavy atom. The van der Waals surface area contributed by atoms with Gasteiger partial charge in [0.2, 0.25) is 0 Å². The summed E-state index contributed by atoms with van der Waals surface area (Å²) in [5.41, 5.74) is 0.457. The molecule has 6 nitrogen and oxygen atoms in total. The van der Waals surface area contributed by atoms with E-state index < -0.39 is 17.2 Å². The van der Waals surface area contributed by atoms with Gasteiger partial charge in [-0.25, -0.2) is 0 Å². The molecular formula is C27H38O6P2. The van der Waals surface area contributed by atoms with Gasteiger partial charge in [0.15, 0.2) is 0 Å². The van der Waals surface area contributed by atoms with E-state index in [0.717, 1.165) is 37.5 Å². The van der Waals surface area contributed by atoms with Crippen LogP contribution < -0.4 is 9.05 Å². The number of rotatable bonds is 4. The first kappa shape index (κ1) is 26.8. The third-order valence-electron chi connectivity index (χ3n) is 7.78. The van der Waals surface area contributed by atoms with Crippen molar-refractivity contribution in [3.8, 4) is 11.5 Å². The van der Waals surface area contributed by atoms with Gasteiger partial charge in [0.25, 0.3) is 0 Å². The molecule has 4 bridgehead atoms. The van der Waals surface area contributed by atoms with Crippen LogP contribution in [-0.2, 0) is 9.05 Å². The summed E-state index contributed by atoms with van der Waals surface area (Å²) >= 11 is 0. The van der Waals surface area contributed by atoms with Gasteiger partial charge in [-0.15, -0.1) is 0 Å². The maximum atomic E-state index is 9.95. The standard InChI is InChI=1S/C15H27O3P.C12H11O3P/c1-15(2)11-3-7-13(8-4-11)17-19(16)18-14-9-5-12(15)6-10-14;13-16(14-11-7-3-1-4-8-11)15-12-9-5-2-6-10-12/h11-14,16H,3-10H2,1-2H3;1-10,13H. The van der Waals surface area contributed by atoms with Crippen LogP contribution in [0, 0.1) is 17.3 Å². The first-order valence-electron chi connectivity index (χ1n) is 12.7. The Morgan fingerprint density at radius 1 is 0.714 bits per heavy atom. The smallest absolute Gasteiger partial charge is 0.418 e. The van der Waals surface area contributed by atoms with E-state index in [2.05, 4.69) is 13.8 Å². The summed E-state index contributed by atoms with van der Waals surface area (Å²) in [5, 5.41) is 0. The summed E-state index contributed by atoms with van der Waals surface area (Å²) in [4.78, 5) is 19.5. The van der Waals surface area contributed by atoms with E-state index in [4.69, 9.17) is 18.1 Å². The first-order chi connectivity index (χ1) is 16.9. The topological polar surface area (TPSA) is 77.4 Å². The Kier molecular flexibility index (Phi) is 9.81. The normalized spacial score (nSPS) is 29.9. The van der Waals surface area contributed by atoms with E-state index in [1.165, 1.54) is 25.7 Å². The molecule has 0 radical (unpaired) electrons. The summed E-state index contributed by atoms with van der Waals surface area (Å²) in [6, 6.07) is 18.2. The molecule has 2 saturated carbocycles. The van der Waals surface area contributed by atoms with E-state index in [9.17, 15) is 9.79 Å². The fraction of sp³-hybridized carbons (Fsp3) is 0.556. The fourth-order valence-electron chi connectivity index (χ4n) is 5.60. The van der Waals surface area contributed by atoms with Crippen molar-refractivity contribution in [1.82, 2.24) is 0 Å². The van der Waals surface area contributed by atoms with Gasteiger partial charge in [-0.2, -0.15) is 0 Å². The average Bonchev–Trinajstić information content (AvgIpc) is 2.85. The van der Waals surface area contributed by atoms with Crippen molar-refractivity contribution >= 4 is 17.2 Å². The lowest BCUT2D eigenvalue weighted by Crippen LogP contribution is -2.39. The van der Waals surface area contributed by atoms with Gasteiger partial charge in [0.1, 0.15) is 11.5 Å². The molecule has 2 N–H and O–H groups in total. The van der Waals surface area contributed by atoms with Crippen LogP contribution in [0.2, 0.25) is 0 Å². The summed E-state index contributed by atoms with van der Waals surface area (Å²) in [6.45, 7) is 4.96. The van der Waals surface area contributed by atoms with Crippen LogP contribution in [0.25, 0.3) is 0 Å². The Labute approximate surface area is 212 Å². The number of benzene rings is 2. The van der Waals surface area contributed by atoms with Gasteiger partial charge in [0.05, 0.1) is 12.2 Å². The largest absolute Gasteiger partial charge is 0.460 e. The zero-order valence-electron chi connectivity index (χ0n) is 20.7. The Hall–Kier alpha value is -1.26. The minimum Gasteiger partial charge on any atom is -0.418 e. The second-order valence-electron chi connectivity index (χ2n) is 10.3. The summed E-state index contributed by atoms with van der Waals surface area (Å²) < 4.78 is 21.9. The Bertz CT molecular complexity index is 798. The second-order valence-corrected chi connectivity index (χ2v) is 12.0. The molecule has 6 aliphatic rings. The zero-order valence-corrected chi connectivity index (χ0v) is 22.5. The monoisotopic (exact) mass is 520 g/mol. The molecule has 2 aromatic rings. The van der Waals surface area contributed by atoms with Crippen molar-refractivity contribution in [2.75, 3.05) is 0 Å². The van der Waals surface area contributed by atoms with Gasteiger partial charge in [0, 0.05) is 0 Å². The third kappa shape index (κ3) is 7.86. The van der Waals surface area contributed by atoms with Gasteiger partial charge in [-0.05, 0) is 92.9 Å². The molecule has 4 saturated heterocycles. The molecule has 2 aliphatic carbocycles. The molecule has 4 aliphatic heterocycles. The molecule has 0 amide bonds. The highest BCUT2D eigenvalue weighted by Gasteiger charge is 2.42. The second kappa shape index (κ2) is 12.8. The summed E-state index contributed by atoms with van der Waals surface area (Å²) in [5.74, 6) is 2.84. The molecule has 192 valence electrons. The number of hydrogen-bond donors (Lipinski definition) is 2. The average molecular weight is 521 g/mol. The molecule has 4 heterocycles. The quantitative estimate of drug-likeness (QED) is 0.401. The van der Waals surface area contributed by atoms with E-state index in [-0.39, 0.29) is 12.2 Å². The van der Waals surface area contributed by atoms with Crippen LogP contribution in [0.5, 0.6) is 11.5 Å². The SMILES string of the molecule is CC1(C)C2CCC(CC2)OP(O)OC2CCC1CC2.OP(Oc1ccccc1)Oc1ccccc1. The molecule has 35 heavy (non-hydrogen) atoms. The Morgan fingerprint density at radius 3 is 1.46 bits per heavy atom. The lowest BCUT2D eigenvalue weighted by molar-refractivity contribution is -0.0135. The molecule has 0 atom stereocenters. The van der Waals surface area contributed by atoms with Crippen LogP contribution in [0.4, 0.5) is 0 Å². The van der Waals surface area contributed by atoms with Crippen molar-refractivity contribution in [1.29, 1.82) is 0 Å². The van der Waals surface area contributed by atoms with Crippen LogP contribution in [0.3, 0.4) is 0 Å². The highest BCUT2D eigenvalue weighted by Crippen LogP contribution is 2.52. The van der Waals surface area contributed by atoms with Gasteiger partial charge < -0.3 is 27.9 Å². The first-order valence-corrected chi connectivity index (χ1v) is 14.9. The predicted molar refractivity (Wildman–Crippen MR) is 140 cm³/mol. The number of para-hydroxylation sites is 2. The van der Waals surface area contributed by atoms with Crippen molar-refractivity contribution in [2.24, 2.45) is 17.3 Å². The van der Waals surface area contributed by atoms with Gasteiger partial charge in [-0.3, -0.25) is 0 Å². The molecular weight excluding hydrogens is 482 g/mol. The maximum absolute atomic E-state index is 9.95. The van der Waals surface area contributed by atoms with Crippen LogP contribution in [0.1, 0.15) is 65.2 Å². The van der Waals surface area contributed by atoms with E-state index in [1.807, 2.05) is 36.4 Å². The van der Waals surface area contributed by atoms with E-state index in [1.54, 1.807) is 24.3 Å². The molecule has 2 aromatic carbocycles. The summed E-state index contributed by atoms with van der Waals surface area (Å²) in [7, 11) is -3.58. The molecule has 8 rings (SSSR count). The predicted octanol–water partition coefficient (Wildman–Crippen LogP) is 7.76. The van der Waals surface area contributed by atoms with Gasteiger partial charge in [-0.1, -0.05) is 50.2 Å². The highest BCUT2D eigenvalue weighted by molar-refractivity contribution is 7.41. The van der Waals surface area contributed by atoms with Gasteiger partial charge >= 0.3 is 17.2 Å². The molecule has 6 fully saturated rings. The highest BCUT2D eigenvalue weighted by atomic mass is 31.2. The van der Waals surface area contributed by atoms with Crippen LogP contribution in [-0.4, -0.2) is 22.0 Å². The van der Waals surface area contributed by atoms with Crippen LogP contribution >= 0.6 is 17.2 Å². The molecule has 0 aromatic heterocycles. The van der Waals surface area contributed by atoms with Crippen molar-refractivity contribution in [2.45, 2.75) is 77.4 Å². The number of hydrogen-bond acceptors (Lipinski definition) is 6. The van der Waals surface area contributed by atoms with Crippen LogP contribution in [0.15, 0.2) is 60.7 Å². The van der Waals surface area contributed by atoms with E-state index >= 15 is 0 Å². The third-order valence-corrected chi connectivity index (χ3v) is 9.48. The molecule has 0 spiro atoms. The Balaban J connectivity index is 0.000000168. The van der Waals surface area contributed by atoms with Crippen molar-refractivity contribution in [3.05, 3.63) is 60.7 Å².